The van der Waals surface area contributed by atoms with E-state index in [4.69, 9.17) is 4.74 Å². The number of aryl methyl sites for hydroxylation is 1. The van der Waals surface area contributed by atoms with Gasteiger partial charge in [0, 0.05) is 32.7 Å². The minimum atomic E-state index is 0.254. The van der Waals surface area contributed by atoms with Gasteiger partial charge >= 0.3 is 0 Å². The van der Waals surface area contributed by atoms with Crippen molar-refractivity contribution in [2.45, 2.75) is 38.1 Å². The summed E-state index contributed by atoms with van der Waals surface area (Å²) in [6.07, 6.45) is 4.93. The molecule has 1 aromatic carbocycles. The monoisotopic (exact) mass is 304 g/mol. The Hall–Kier alpha value is -1.39. The van der Waals surface area contributed by atoms with Crippen LogP contribution in [0.4, 0.5) is 0 Å². The molecule has 1 unspecified atom stereocenters. The first kappa shape index (κ1) is 17.0. The van der Waals surface area contributed by atoms with Crippen LogP contribution in [0.5, 0.6) is 0 Å². The highest BCUT2D eigenvalue weighted by Crippen LogP contribution is 2.11. The van der Waals surface area contributed by atoms with Crippen LogP contribution >= 0.6 is 0 Å². The van der Waals surface area contributed by atoms with Gasteiger partial charge in [-0.1, -0.05) is 30.3 Å². The van der Waals surface area contributed by atoms with Crippen LogP contribution in [0.2, 0.25) is 0 Å². The summed E-state index contributed by atoms with van der Waals surface area (Å²) in [6, 6.07) is 10.8. The van der Waals surface area contributed by atoms with Gasteiger partial charge in [0.25, 0.3) is 0 Å². The van der Waals surface area contributed by atoms with Gasteiger partial charge in [0.2, 0.25) is 5.91 Å². The van der Waals surface area contributed by atoms with E-state index in [0.717, 1.165) is 32.4 Å². The van der Waals surface area contributed by atoms with Crippen molar-refractivity contribution in [3.05, 3.63) is 35.9 Å². The predicted octanol–water partition coefficient (Wildman–Crippen LogP) is 2.24. The average Bonchev–Trinajstić information content (AvgIpc) is 3.04. The number of benzene rings is 1. The fourth-order valence-corrected chi connectivity index (χ4v) is 2.95. The molecule has 1 saturated heterocycles. The van der Waals surface area contributed by atoms with Crippen LogP contribution in [-0.2, 0) is 16.0 Å². The minimum Gasteiger partial charge on any atom is -0.383 e. The quantitative estimate of drug-likeness (QED) is 0.761. The maximum atomic E-state index is 12.5. The summed E-state index contributed by atoms with van der Waals surface area (Å²) < 4.78 is 5.15. The summed E-state index contributed by atoms with van der Waals surface area (Å²) in [5, 5.41) is 3.40. The Balaban J connectivity index is 1.78. The van der Waals surface area contributed by atoms with Gasteiger partial charge in [-0.05, 0) is 37.8 Å². The van der Waals surface area contributed by atoms with Gasteiger partial charge in [-0.2, -0.15) is 0 Å². The van der Waals surface area contributed by atoms with Crippen molar-refractivity contribution in [1.82, 2.24) is 10.2 Å². The zero-order chi connectivity index (χ0) is 15.6. The molecule has 1 aliphatic rings. The molecule has 122 valence electrons. The number of hydrogen-bond acceptors (Lipinski definition) is 3. The Morgan fingerprint density at radius 3 is 2.82 bits per heavy atom. The first-order valence-corrected chi connectivity index (χ1v) is 8.33. The Kier molecular flexibility index (Phi) is 7.40. The zero-order valence-corrected chi connectivity index (χ0v) is 13.6. The van der Waals surface area contributed by atoms with Gasteiger partial charge in [0.1, 0.15) is 0 Å². The summed E-state index contributed by atoms with van der Waals surface area (Å²) in [5.41, 5.74) is 1.33. The van der Waals surface area contributed by atoms with Crippen LogP contribution < -0.4 is 5.32 Å². The highest BCUT2D eigenvalue weighted by atomic mass is 16.5. The van der Waals surface area contributed by atoms with Crippen LogP contribution in [0.1, 0.15) is 31.2 Å². The largest absolute Gasteiger partial charge is 0.383 e. The standard InChI is InChI=1S/C18H28N2O2/c1-22-14-13-20(18(21)15-17-10-5-11-19-17)12-6-9-16-7-3-2-4-8-16/h2-4,7-8,17,19H,5-6,9-15H2,1H3. The van der Waals surface area contributed by atoms with Crippen molar-refractivity contribution >= 4 is 5.91 Å². The normalized spacial score (nSPS) is 17.6. The molecule has 1 fully saturated rings. The van der Waals surface area contributed by atoms with Crippen LogP contribution in [0.25, 0.3) is 0 Å². The van der Waals surface area contributed by atoms with Crippen molar-refractivity contribution in [2.24, 2.45) is 0 Å². The number of methoxy groups -OCH3 is 1. The van der Waals surface area contributed by atoms with E-state index >= 15 is 0 Å². The van der Waals surface area contributed by atoms with Gasteiger partial charge in [-0.3, -0.25) is 4.79 Å². The lowest BCUT2D eigenvalue weighted by atomic mass is 10.1. The number of ether oxygens (including phenoxy) is 1. The molecule has 1 amide bonds. The van der Waals surface area contributed by atoms with E-state index in [-0.39, 0.29) is 5.91 Å². The van der Waals surface area contributed by atoms with Crippen molar-refractivity contribution in [3.63, 3.8) is 0 Å². The predicted molar refractivity (Wildman–Crippen MR) is 88.9 cm³/mol. The zero-order valence-electron chi connectivity index (χ0n) is 13.6. The van der Waals surface area contributed by atoms with Crippen molar-refractivity contribution in [2.75, 3.05) is 33.4 Å². The Bertz CT molecular complexity index is 430. The molecule has 0 saturated carbocycles. The maximum Gasteiger partial charge on any atom is 0.224 e. The number of carbonyl (C=O) groups excluding carboxylic acids is 1. The van der Waals surface area contributed by atoms with E-state index in [1.54, 1.807) is 7.11 Å². The number of amides is 1. The molecule has 4 nitrogen and oxygen atoms in total. The molecule has 22 heavy (non-hydrogen) atoms. The number of carbonyl (C=O) groups is 1. The highest BCUT2D eigenvalue weighted by Gasteiger charge is 2.21. The molecule has 0 spiro atoms. The fourth-order valence-electron chi connectivity index (χ4n) is 2.95. The number of nitrogens with zero attached hydrogens (tertiary/aromatic N) is 1. The molecule has 0 aromatic heterocycles. The summed E-state index contributed by atoms with van der Waals surface area (Å²) in [5.74, 6) is 0.254. The molecule has 0 aliphatic carbocycles. The minimum absolute atomic E-state index is 0.254. The van der Waals surface area contributed by atoms with E-state index < -0.39 is 0 Å². The lowest BCUT2D eigenvalue weighted by Gasteiger charge is -2.24. The van der Waals surface area contributed by atoms with E-state index in [1.807, 2.05) is 11.0 Å². The second-order valence-electron chi connectivity index (χ2n) is 5.96. The molecular formula is C18H28N2O2. The van der Waals surface area contributed by atoms with E-state index in [2.05, 4.69) is 29.6 Å². The number of rotatable bonds is 9. The van der Waals surface area contributed by atoms with Gasteiger partial charge < -0.3 is 15.0 Å². The molecule has 1 heterocycles. The summed E-state index contributed by atoms with van der Waals surface area (Å²) >= 11 is 0. The maximum absolute atomic E-state index is 12.5. The average molecular weight is 304 g/mol. The Morgan fingerprint density at radius 1 is 1.32 bits per heavy atom. The SMILES string of the molecule is COCCN(CCCc1ccccc1)C(=O)CC1CCCN1. The van der Waals surface area contributed by atoms with Crippen LogP contribution in [-0.4, -0.2) is 50.2 Å². The smallest absolute Gasteiger partial charge is 0.224 e. The molecule has 2 rings (SSSR count). The van der Waals surface area contributed by atoms with Crippen LogP contribution in [0.15, 0.2) is 30.3 Å². The van der Waals surface area contributed by atoms with E-state index in [1.165, 1.54) is 12.0 Å². The number of hydrogen-bond donors (Lipinski definition) is 1. The van der Waals surface area contributed by atoms with Crippen LogP contribution in [0.3, 0.4) is 0 Å². The van der Waals surface area contributed by atoms with E-state index in [0.29, 0.717) is 25.6 Å². The fraction of sp³-hybridized carbons (Fsp3) is 0.611. The molecule has 0 radical (unpaired) electrons. The number of nitrogens with one attached hydrogen (secondary N) is 1. The second kappa shape index (κ2) is 9.59. The summed E-state index contributed by atoms with van der Waals surface area (Å²) in [6.45, 7) is 3.15. The van der Waals surface area contributed by atoms with Gasteiger partial charge in [-0.15, -0.1) is 0 Å². The molecule has 0 bridgehead atoms. The third-order valence-corrected chi connectivity index (χ3v) is 4.24. The first-order chi connectivity index (χ1) is 10.8. The van der Waals surface area contributed by atoms with Gasteiger partial charge in [0.15, 0.2) is 0 Å². The highest BCUT2D eigenvalue weighted by molar-refractivity contribution is 5.76. The lowest BCUT2D eigenvalue weighted by Crippen LogP contribution is -2.38. The molecule has 1 atom stereocenters. The topological polar surface area (TPSA) is 41.6 Å². The van der Waals surface area contributed by atoms with E-state index in [9.17, 15) is 4.79 Å². The van der Waals surface area contributed by atoms with Gasteiger partial charge in [0.05, 0.1) is 6.61 Å². The van der Waals surface area contributed by atoms with Gasteiger partial charge in [-0.25, -0.2) is 0 Å². The summed E-state index contributed by atoms with van der Waals surface area (Å²) in [4.78, 5) is 14.4. The molecule has 1 aliphatic heterocycles. The van der Waals surface area contributed by atoms with Crippen molar-refractivity contribution in [1.29, 1.82) is 0 Å². The third kappa shape index (κ3) is 5.78. The third-order valence-electron chi connectivity index (χ3n) is 4.24. The Labute approximate surface area is 133 Å². The first-order valence-electron chi connectivity index (χ1n) is 8.33. The van der Waals surface area contributed by atoms with Crippen molar-refractivity contribution < 1.29 is 9.53 Å². The Morgan fingerprint density at radius 2 is 2.14 bits per heavy atom. The lowest BCUT2D eigenvalue weighted by molar-refractivity contribution is -0.132. The molecular weight excluding hydrogens is 276 g/mol. The molecule has 4 heteroatoms. The van der Waals surface area contributed by atoms with Crippen LogP contribution in [0, 0.1) is 0 Å². The second-order valence-corrected chi connectivity index (χ2v) is 5.96. The summed E-state index contributed by atoms with van der Waals surface area (Å²) in [7, 11) is 1.69. The molecule has 1 aromatic rings. The van der Waals surface area contributed by atoms with Crippen molar-refractivity contribution in [3.8, 4) is 0 Å². The molecule has 1 N–H and O–H groups in total.